The van der Waals surface area contributed by atoms with Gasteiger partial charge in [0.1, 0.15) is 0 Å². The highest BCUT2D eigenvalue weighted by molar-refractivity contribution is 7.13. The molecular formula is C26H24B-. The van der Waals surface area contributed by atoms with E-state index < -0.39 is 6.15 Å². The van der Waals surface area contributed by atoms with Crippen molar-refractivity contribution in [2.45, 2.75) is 27.6 Å². The lowest BCUT2D eigenvalue weighted by atomic mass is 9.14. The minimum atomic E-state index is -1.04. The quantitative estimate of drug-likeness (QED) is 0.432. The summed E-state index contributed by atoms with van der Waals surface area (Å²) in [5.74, 6) is 0. The van der Waals surface area contributed by atoms with Gasteiger partial charge >= 0.3 is 0 Å². The van der Waals surface area contributed by atoms with E-state index >= 15 is 0 Å². The maximum atomic E-state index is 2.49. The van der Waals surface area contributed by atoms with Gasteiger partial charge in [-0.05, 0) is 37.1 Å². The molecule has 0 spiro atoms. The molecular weight excluding hydrogens is 323 g/mol. The zero-order valence-corrected chi connectivity index (χ0v) is 16.5. The molecule has 4 aromatic carbocycles. The van der Waals surface area contributed by atoms with Crippen molar-refractivity contribution in [3.05, 3.63) is 89.5 Å². The van der Waals surface area contributed by atoms with Gasteiger partial charge in [0.25, 0.3) is 0 Å². The number of rotatable bonds is 1. The molecule has 0 fully saturated rings. The number of benzene rings is 4. The molecule has 0 amide bonds. The van der Waals surface area contributed by atoms with Crippen LogP contribution in [0.3, 0.4) is 0 Å². The van der Waals surface area contributed by atoms with Crippen molar-refractivity contribution in [1.29, 1.82) is 0 Å². The Hall–Kier alpha value is -2.80. The van der Waals surface area contributed by atoms with Crippen molar-refractivity contribution in [3.8, 4) is 11.1 Å². The molecule has 1 atom stereocenters. The van der Waals surface area contributed by atoms with Crippen LogP contribution in [0, 0.1) is 20.8 Å². The van der Waals surface area contributed by atoms with Crippen LogP contribution in [-0.2, 0) is 0 Å². The van der Waals surface area contributed by atoms with Crippen LogP contribution in [0.1, 0.15) is 16.7 Å². The molecule has 1 unspecified atom stereocenters. The van der Waals surface area contributed by atoms with Gasteiger partial charge in [0.2, 0.25) is 0 Å². The molecule has 1 aliphatic heterocycles. The Labute approximate surface area is 161 Å². The maximum absolute atomic E-state index is 2.49. The first-order valence-corrected chi connectivity index (χ1v) is 9.92. The van der Waals surface area contributed by atoms with E-state index in [9.17, 15) is 0 Å². The summed E-state index contributed by atoms with van der Waals surface area (Å²) in [5.41, 5.74) is 11.5. The predicted octanol–water partition coefficient (Wildman–Crippen LogP) is 4.85. The Morgan fingerprint density at radius 2 is 1.07 bits per heavy atom. The standard InChI is InChI=1S/C26H24B/c1-17-9-5-10-18(2)25(17)27(4)23-16-8-13-20-12-7-14-21(24(20)23)22-15-6-11-19(3)26(22)27/h5-16H,1-4H3/q-1. The van der Waals surface area contributed by atoms with Crippen molar-refractivity contribution in [2.75, 3.05) is 0 Å². The second-order valence-electron chi connectivity index (χ2n) is 8.39. The Morgan fingerprint density at radius 3 is 1.78 bits per heavy atom. The second-order valence-corrected chi connectivity index (χ2v) is 8.39. The summed E-state index contributed by atoms with van der Waals surface area (Å²) >= 11 is 0. The van der Waals surface area contributed by atoms with E-state index in [1.54, 1.807) is 0 Å². The molecule has 0 bridgehead atoms. The first-order valence-electron chi connectivity index (χ1n) is 9.92. The normalized spacial score (nSPS) is 17.8. The minimum absolute atomic E-state index is 1.04. The Morgan fingerprint density at radius 1 is 0.556 bits per heavy atom. The molecule has 0 nitrogen and oxygen atoms in total. The average molecular weight is 347 g/mol. The molecule has 27 heavy (non-hydrogen) atoms. The number of hydrogen-bond acceptors (Lipinski definition) is 0. The first-order chi connectivity index (χ1) is 13.0. The van der Waals surface area contributed by atoms with Gasteiger partial charge in [0, 0.05) is 0 Å². The van der Waals surface area contributed by atoms with Crippen molar-refractivity contribution < 1.29 is 0 Å². The van der Waals surface area contributed by atoms with Gasteiger partial charge in [0.05, 0.1) is 6.15 Å². The molecule has 0 radical (unpaired) electrons. The molecule has 0 aliphatic carbocycles. The van der Waals surface area contributed by atoms with Crippen LogP contribution >= 0.6 is 0 Å². The Bertz CT molecular complexity index is 1190. The number of fused-ring (bicyclic) bond motifs is 2. The molecule has 0 aromatic heterocycles. The van der Waals surface area contributed by atoms with E-state index in [4.69, 9.17) is 0 Å². The fraction of sp³-hybridized carbons (Fsp3) is 0.154. The molecule has 0 saturated carbocycles. The molecule has 1 aliphatic rings. The summed E-state index contributed by atoms with van der Waals surface area (Å²) in [5, 5.41) is 2.78. The van der Waals surface area contributed by atoms with E-state index in [1.807, 2.05) is 0 Å². The van der Waals surface area contributed by atoms with Gasteiger partial charge in [-0.15, -0.1) is 0 Å². The predicted molar refractivity (Wildman–Crippen MR) is 121 cm³/mol. The number of hydrogen-bond donors (Lipinski definition) is 0. The van der Waals surface area contributed by atoms with Crippen LogP contribution < -0.4 is 16.4 Å². The Kier molecular flexibility index (Phi) is 3.40. The van der Waals surface area contributed by atoms with Gasteiger partial charge in [-0.2, -0.15) is 23.2 Å². The van der Waals surface area contributed by atoms with Crippen molar-refractivity contribution in [2.24, 2.45) is 0 Å². The van der Waals surface area contributed by atoms with Crippen molar-refractivity contribution in [3.63, 3.8) is 0 Å². The smallest absolute Gasteiger partial charge is 0.0813 e. The first kappa shape index (κ1) is 16.4. The minimum Gasteiger partial charge on any atom is -0.194 e. The third kappa shape index (κ3) is 2.06. The summed E-state index contributed by atoms with van der Waals surface area (Å²) in [6.07, 6.45) is -1.04. The lowest BCUT2D eigenvalue weighted by Gasteiger charge is -2.48. The molecule has 5 rings (SSSR count). The molecule has 132 valence electrons. The molecule has 1 heteroatoms. The summed E-state index contributed by atoms with van der Waals surface area (Å²) in [6.45, 7) is 9.31. The topological polar surface area (TPSA) is 0 Å². The van der Waals surface area contributed by atoms with Crippen molar-refractivity contribution >= 4 is 33.3 Å². The zero-order chi connectivity index (χ0) is 18.8. The highest BCUT2D eigenvalue weighted by atomic mass is 14.2. The molecule has 0 N–H and O–H groups in total. The van der Waals surface area contributed by atoms with E-state index in [0.29, 0.717) is 0 Å². The highest BCUT2D eigenvalue weighted by Gasteiger charge is 2.35. The average Bonchev–Trinajstić information content (AvgIpc) is 2.66. The SMILES string of the molecule is Cc1cccc(C)c1[B-]1(C)c2c(C)cccc2-c2cccc3cccc1c23. The largest absolute Gasteiger partial charge is 0.194 e. The third-order valence-electron chi connectivity index (χ3n) is 6.87. The van der Waals surface area contributed by atoms with Crippen LogP contribution in [0.4, 0.5) is 0 Å². The Balaban J connectivity index is 2.06. The van der Waals surface area contributed by atoms with E-state index in [-0.39, 0.29) is 0 Å². The monoisotopic (exact) mass is 347 g/mol. The van der Waals surface area contributed by atoms with E-state index in [2.05, 4.69) is 100 Å². The highest BCUT2D eigenvalue weighted by Crippen LogP contribution is 2.34. The van der Waals surface area contributed by atoms with Gasteiger partial charge in [0.15, 0.2) is 0 Å². The van der Waals surface area contributed by atoms with Crippen LogP contribution in [0.15, 0.2) is 72.8 Å². The summed E-state index contributed by atoms with van der Waals surface area (Å²) in [4.78, 5) is 0. The van der Waals surface area contributed by atoms with Gasteiger partial charge in [-0.3, -0.25) is 0 Å². The molecule has 1 heterocycles. The van der Waals surface area contributed by atoms with Gasteiger partial charge < -0.3 is 0 Å². The van der Waals surface area contributed by atoms with Gasteiger partial charge in [-0.1, -0.05) is 95.1 Å². The molecule has 0 saturated heterocycles. The summed E-state index contributed by atoms with van der Waals surface area (Å²) in [7, 11) is 0. The van der Waals surface area contributed by atoms with Gasteiger partial charge in [-0.25, -0.2) is 0 Å². The van der Waals surface area contributed by atoms with Crippen LogP contribution in [0.5, 0.6) is 0 Å². The van der Waals surface area contributed by atoms with Crippen molar-refractivity contribution in [1.82, 2.24) is 0 Å². The fourth-order valence-corrected chi connectivity index (χ4v) is 5.95. The van der Waals surface area contributed by atoms with Crippen LogP contribution in [0.25, 0.3) is 21.9 Å². The zero-order valence-electron chi connectivity index (χ0n) is 16.5. The number of aryl methyl sites for hydroxylation is 3. The lowest BCUT2D eigenvalue weighted by molar-refractivity contribution is 1.41. The second kappa shape index (κ2) is 5.60. The van der Waals surface area contributed by atoms with E-state index in [0.717, 1.165) is 0 Å². The summed E-state index contributed by atoms with van der Waals surface area (Å²) < 4.78 is 0. The maximum Gasteiger partial charge on any atom is 0.0813 e. The summed E-state index contributed by atoms with van der Waals surface area (Å²) in [6, 6.07) is 27.1. The lowest BCUT2D eigenvalue weighted by Crippen LogP contribution is -2.68. The van der Waals surface area contributed by atoms with Crippen LogP contribution in [0.2, 0.25) is 6.82 Å². The fourth-order valence-electron chi connectivity index (χ4n) is 5.95. The van der Waals surface area contributed by atoms with E-state index in [1.165, 1.54) is 55.0 Å². The van der Waals surface area contributed by atoms with Crippen LogP contribution in [-0.4, -0.2) is 6.15 Å². The third-order valence-corrected chi connectivity index (χ3v) is 6.87. The molecule has 4 aromatic rings.